The highest BCUT2D eigenvalue weighted by Crippen LogP contribution is 2.34. The summed E-state index contributed by atoms with van der Waals surface area (Å²) in [5, 5.41) is 3.66. The molecule has 0 spiro atoms. The zero-order valence-electron chi connectivity index (χ0n) is 10.4. The Hall–Kier alpha value is -0.630. The lowest BCUT2D eigenvalue weighted by molar-refractivity contribution is 0.693. The first-order valence-electron chi connectivity index (χ1n) is 6.06. The minimum absolute atomic E-state index is 0.628. The molecule has 0 bridgehead atoms. The Kier molecular flexibility index (Phi) is 3.80. The molecule has 2 rings (SSSR count). The van der Waals surface area contributed by atoms with Crippen LogP contribution in [-0.2, 0) is 5.75 Å². The van der Waals surface area contributed by atoms with Crippen LogP contribution in [0, 0.1) is 12.8 Å². The van der Waals surface area contributed by atoms with Crippen LogP contribution in [0.2, 0.25) is 0 Å². The van der Waals surface area contributed by atoms with Crippen LogP contribution < -0.4 is 5.32 Å². The van der Waals surface area contributed by atoms with E-state index in [1.165, 1.54) is 29.7 Å². The Morgan fingerprint density at radius 2 is 2.19 bits per heavy atom. The molecule has 0 radical (unpaired) electrons. The van der Waals surface area contributed by atoms with E-state index >= 15 is 0 Å². The quantitative estimate of drug-likeness (QED) is 0.825. The summed E-state index contributed by atoms with van der Waals surface area (Å²) < 4.78 is 0. The van der Waals surface area contributed by atoms with Crippen LogP contribution in [0.3, 0.4) is 0 Å². The third-order valence-corrected chi connectivity index (χ3v) is 4.06. The van der Waals surface area contributed by atoms with E-state index in [0.29, 0.717) is 6.04 Å². The fourth-order valence-electron chi connectivity index (χ4n) is 2.11. The predicted molar refractivity (Wildman–Crippen MR) is 74.2 cm³/mol. The van der Waals surface area contributed by atoms with Gasteiger partial charge in [0.2, 0.25) is 0 Å². The summed E-state index contributed by atoms with van der Waals surface area (Å²) in [7, 11) is 0. The van der Waals surface area contributed by atoms with E-state index in [1.807, 2.05) is 11.8 Å². The fraction of sp³-hybridized carbons (Fsp3) is 0.571. The monoisotopic (exact) mass is 235 g/mol. The average Bonchev–Trinajstić information content (AvgIpc) is 3.07. The van der Waals surface area contributed by atoms with Crippen LogP contribution in [0.1, 0.15) is 30.9 Å². The van der Waals surface area contributed by atoms with Gasteiger partial charge in [-0.2, -0.15) is 11.8 Å². The van der Waals surface area contributed by atoms with Crippen LogP contribution >= 0.6 is 11.8 Å². The van der Waals surface area contributed by atoms with Crippen molar-refractivity contribution in [1.29, 1.82) is 0 Å². The Morgan fingerprint density at radius 1 is 1.44 bits per heavy atom. The maximum absolute atomic E-state index is 3.66. The maximum Gasteiger partial charge on any atom is 0.0375 e. The number of rotatable bonds is 5. The molecule has 1 saturated carbocycles. The van der Waals surface area contributed by atoms with Gasteiger partial charge in [-0.25, -0.2) is 0 Å². The van der Waals surface area contributed by atoms with Gasteiger partial charge >= 0.3 is 0 Å². The van der Waals surface area contributed by atoms with Gasteiger partial charge in [0.25, 0.3) is 0 Å². The summed E-state index contributed by atoms with van der Waals surface area (Å²) in [4.78, 5) is 0. The molecule has 0 saturated heterocycles. The number of hydrogen-bond acceptors (Lipinski definition) is 2. The van der Waals surface area contributed by atoms with Crippen molar-refractivity contribution in [3.05, 3.63) is 29.3 Å². The van der Waals surface area contributed by atoms with E-state index in [2.05, 4.69) is 43.6 Å². The lowest BCUT2D eigenvalue weighted by Crippen LogP contribution is -2.18. The van der Waals surface area contributed by atoms with E-state index in [-0.39, 0.29) is 0 Å². The molecule has 1 aliphatic carbocycles. The molecule has 0 aromatic heterocycles. The number of anilines is 1. The average molecular weight is 235 g/mol. The zero-order chi connectivity index (χ0) is 11.5. The minimum atomic E-state index is 0.628. The Bertz CT molecular complexity index is 358. The third-order valence-electron chi connectivity index (χ3n) is 3.46. The molecule has 2 heteroatoms. The predicted octanol–water partition coefficient (Wildman–Crippen LogP) is 4.07. The van der Waals surface area contributed by atoms with Gasteiger partial charge in [-0.15, -0.1) is 0 Å². The highest BCUT2D eigenvalue weighted by molar-refractivity contribution is 7.97. The third kappa shape index (κ3) is 2.73. The van der Waals surface area contributed by atoms with Crippen LogP contribution in [0.15, 0.2) is 18.2 Å². The highest BCUT2D eigenvalue weighted by atomic mass is 32.2. The van der Waals surface area contributed by atoms with Gasteiger partial charge in [-0.3, -0.25) is 0 Å². The van der Waals surface area contributed by atoms with Gasteiger partial charge in [-0.1, -0.05) is 12.1 Å². The van der Waals surface area contributed by atoms with E-state index in [4.69, 9.17) is 0 Å². The second-order valence-electron chi connectivity index (χ2n) is 4.79. The summed E-state index contributed by atoms with van der Waals surface area (Å²) in [6.07, 6.45) is 4.96. The topological polar surface area (TPSA) is 12.0 Å². The Balaban J connectivity index is 2.10. The smallest absolute Gasteiger partial charge is 0.0375 e. The van der Waals surface area contributed by atoms with Crippen LogP contribution in [0.4, 0.5) is 5.69 Å². The zero-order valence-corrected chi connectivity index (χ0v) is 11.2. The first-order chi connectivity index (χ1) is 7.72. The summed E-state index contributed by atoms with van der Waals surface area (Å²) >= 11 is 1.89. The highest BCUT2D eigenvalue weighted by Gasteiger charge is 2.27. The van der Waals surface area contributed by atoms with Crippen LogP contribution in [0.25, 0.3) is 0 Å². The first kappa shape index (κ1) is 11.8. The number of thioether (sulfide) groups is 1. The normalized spacial score (nSPS) is 17.2. The molecule has 1 atom stereocenters. The molecule has 1 unspecified atom stereocenters. The van der Waals surface area contributed by atoms with Crippen molar-refractivity contribution in [2.75, 3.05) is 11.6 Å². The van der Waals surface area contributed by atoms with Gasteiger partial charge in [-0.05, 0) is 56.1 Å². The molecule has 1 aromatic rings. The van der Waals surface area contributed by atoms with Crippen molar-refractivity contribution < 1.29 is 0 Å². The summed E-state index contributed by atoms with van der Waals surface area (Å²) in [5.41, 5.74) is 4.20. The molecule has 1 aromatic carbocycles. The molecular weight excluding hydrogens is 214 g/mol. The molecule has 16 heavy (non-hydrogen) atoms. The Morgan fingerprint density at radius 3 is 2.81 bits per heavy atom. The number of nitrogens with one attached hydrogen (secondary N) is 1. The molecule has 1 nitrogen and oxygen atoms in total. The van der Waals surface area contributed by atoms with Gasteiger partial charge in [0.1, 0.15) is 0 Å². The lowest BCUT2D eigenvalue weighted by atomic mass is 10.1. The van der Waals surface area contributed by atoms with Gasteiger partial charge in [0.05, 0.1) is 0 Å². The minimum Gasteiger partial charge on any atom is -0.382 e. The summed E-state index contributed by atoms with van der Waals surface area (Å²) in [6.45, 7) is 4.53. The SMILES string of the molecule is CSCc1cccc(NC(C)C2CC2)c1C. The number of hydrogen-bond donors (Lipinski definition) is 1. The maximum atomic E-state index is 3.66. The standard InChI is InChI=1S/C14H21NS/c1-10-13(9-16-3)5-4-6-14(10)15-11(2)12-7-8-12/h4-6,11-12,15H,7-9H2,1-3H3. The molecule has 1 fully saturated rings. The Labute approximate surface area is 103 Å². The first-order valence-corrected chi connectivity index (χ1v) is 7.45. The van der Waals surface area contributed by atoms with Crippen molar-refractivity contribution >= 4 is 17.4 Å². The summed E-state index contributed by atoms with van der Waals surface area (Å²) in [5.74, 6) is 2.02. The van der Waals surface area contributed by atoms with Crippen molar-refractivity contribution in [3.8, 4) is 0 Å². The van der Waals surface area contributed by atoms with Gasteiger partial charge < -0.3 is 5.32 Å². The molecule has 1 aliphatic rings. The van der Waals surface area contributed by atoms with Gasteiger partial charge in [0.15, 0.2) is 0 Å². The molecule has 1 N–H and O–H groups in total. The largest absolute Gasteiger partial charge is 0.382 e. The van der Waals surface area contributed by atoms with Crippen molar-refractivity contribution in [2.45, 2.75) is 38.5 Å². The summed E-state index contributed by atoms with van der Waals surface area (Å²) in [6, 6.07) is 7.24. The number of benzene rings is 1. The van der Waals surface area contributed by atoms with E-state index in [1.54, 1.807) is 0 Å². The van der Waals surface area contributed by atoms with Crippen molar-refractivity contribution in [2.24, 2.45) is 5.92 Å². The molecule has 88 valence electrons. The van der Waals surface area contributed by atoms with Gasteiger partial charge in [0, 0.05) is 17.5 Å². The van der Waals surface area contributed by atoms with Crippen LogP contribution in [0.5, 0.6) is 0 Å². The second kappa shape index (κ2) is 5.13. The van der Waals surface area contributed by atoms with E-state index in [0.717, 1.165) is 11.7 Å². The fourth-order valence-corrected chi connectivity index (χ4v) is 2.73. The molecule has 0 amide bonds. The van der Waals surface area contributed by atoms with E-state index < -0.39 is 0 Å². The molecule has 0 aliphatic heterocycles. The van der Waals surface area contributed by atoms with Crippen molar-refractivity contribution in [1.82, 2.24) is 0 Å². The second-order valence-corrected chi connectivity index (χ2v) is 5.66. The van der Waals surface area contributed by atoms with Crippen LogP contribution in [-0.4, -0.2) is 12.3 Å². The lowest BCUT2D eigenvalue weighted by Gasteiger charge is -2.18. The molecule has 0 heterocycles. The van der Waals surface area contributed by atoms with E-state index in [9.17, 15) is 0 Å². The van der Waals surface area contributed by atoms with Crippen molar-refractivity contribution in [3.63, 3.8) is 0 Å². The molecular formula is C14H21NS.